The minimum Gasteiger partial charge on any atom is -0.454 e. The number of aryl methyl sites for hydroxylation is 2. The summed E-state index contributed by atoms with van der Waals surface area (Å²) in [6.07, 6.45) is 0. The second kappa shape index (κ2) is 15.7. The summed E-state index contributed by atoms with van der Waals surface area (Å²) in [6.45, 7) is 4.37. The quantitative estimate of drug-likeness (QED) is 0.154. The molecular weight excluding hydrogens is 851 g/mol. The molecule has 0 fully saturated rings. The minimum absolute atomic E-state index is 0.851. The Labute approximate surface area is 405 Å². The molecule has 0 aliphatic rings. The van der Waals surface area contributed by atoms with Gasteiger partial charge in [-0.3, -0.25) is 0 Å². The van der Waals surface area contributed by atoms with Gasteiger partial charge in [0.25, 0.3) is 0 Å². The fourth-order valence-electron chi connectivity index (χ4n) is 11.4. The SMILES string of the molecule is Cc1cccc(-c2cc(N(c3ccccc3)c3cccc4c3[nH]c3ccccc34)c3ccc4c(-c5cccc(C)c5)cc(N(c5ccccc5)c5cccc6c5oc5ccccc56)c5ccc2c3c45)c1. The second-order valence-corrected chi connectivity index (χ2v) is 18.7. The first-order chi connectivity index (χ1) is 34.6. The molecule has 0 saturated carbocycles. The van der Waals surface area contributed by atoms with Gasteiger partial charge in [0.2, 0.25) is 0 Å². The van der Waals surface area contributed by atoms with Gasteiger partial charge in [-0.05, 0) is 108 Å². The molecular formula is C66H45N3O. The van der Waals surface area contributed by atoms with Crippen molar-refractivity contribution in [3.05, 3.63) is 242 Å². The Morgan fingerprint density at radius 2 is 0.829 bits per heavy atom. The fourth-order valence-corrected chi connectivity index (χ4v) is 11.4. The average molecular weight is 896 g/mol. The normalized spacial score (nSPS) is 11.9. The molecule has 4 heteroatoms. The summed E-state index contributed by atoms with van der Waals surface area (Å²) < 4.78 is 6.86. The van der Waals surface area contributed by atoms with Crippen LogP contribution in [0.15, 0.2) is 235 Å². The van der Waals surface area contributed by atoms with Gasteiger partial charge in [-0.2, -0.15) is 0 Å². The molecule has 14 aromatic rings. The number of benzene rings is 12. The summed E-state index contributed by atoms with van der Waals surface area (Å²) in [4.78, 5) is 8.76. The fraction of sp³-hybridized carbons (Fsp3) is 0.0303. The Bertz CT molecular complexity index is 4060. The van der Waals surface area contributed by atoms with Gasteiger partial charge in [0.15, 0.2) is 5.58 Å². The van der Waals surface area contributed by atoms with E-state index in [2.05, 4.69) is 253 Å². The molecule has 12 aromatic carbocycles. The van der Waals surface area contributed by atoms with E-state index in [1.807, 2.05) is 6.07 Å². The first-order valence-electron chi connectivity index (χ1n) is 24.1. The topological polar surface area (TPSA) is 35.4 Å². The highest BCUT2D eigenvalue weighted by Gasteiger charge is 2.28. The van der Waals surface area contributed by atoms with Crippen LogP contribution in [-0.2, 0) is 0 Å². The van der Waals surface area contributed by atoms with E-state index in [1.54, 1.807) is 0 Å². The van der Waals surface area contributed by atoms with Crippen molar-refractivity contribution in [3.63, 3.8) is 0 Å². The van der Waals surface area contributed by atoms with Crippen LogP contribution in [0.1, 0.15) is 11.1 Å². The lowest BCUT2D eigenvalue weighted by molar-refractivity contribution is 0.669. The monoisotopic (exact) mass is 895 g/mol. The van der Waals surface area contributed by atoms with Crippen LogP contribution in [0.4, 0.5) is 34.1 Å². The van der Waals surface area contributed by atoms with Crippen LogP contribution in [0.5, 0.6) is 0 Å². The van der Waals surface area contributed by atoms with E-state index in [9.17, 15) is 0 Å². The predicted molar refractivity (Wildman–Crippen MR) is 296 cm³/mol. The smallest absolute Gasteiger partial charge is 0.159 e. The molecule has 330 valence electrons. The average Bonchev–Trinajstić information content (AvgIpc) is 3.99. The molecule has 0 atom stereocenters. The lowest BCUT2D eigenvalue weighted by atomic mass is 9.85. The maximum Gasteiger partial charge on any atom is 0.159 e. The third-order valence-corrected chi connectivity index (χ3v) is 14.4. The number of anilines is 6. The molecule has 0 saturated heterocycles. The molecule has 0 amide bonds. The lowest BCUT2D eigenvalue weighted by Gasteiger charge is -2.31. The van der Waals surface area contributed by atoms with Gasteiger partial charge in [-0.25, -0.2) is 0 Å². The number of H-pyrrole nitrogens is 1. The summed E-state index contributed by atoms with van der Waals surface area (Å²) in [6, 6.07) is 84.2. The van der Waals surface area contributed by atoms with Gasteiger partial charge in [-0.1, -0.05) is 181 Å². The number of rotatable bonds is 8. The van der Waals surface area contributed by atoms with Gasteiger partial charge in [0.1, 0.15) is 5.58 Å². The molecule has 4 nitrogen and oxygen atoms in total. The zero-order chi connectivity index (χ0) is 46.5. The van der Waals surface area contributed by atoms with Crippen LogP contribution >= 0.6 is 0 Å². The van der Waals surface area contributed by atoms with Crippen molar-refractivity contribution in [3.8, 4) is 22.3 Å². The molecule has 0 bridgehead atoms. The van der Waals surface area contributed by atoms with Crippen molar-refractivity contribution in [2.75, 3.05) is 9.80 Å². The summed E-state index contributed by atoms with van der Waals surface area (Å²) >= 11 is 0. The largest absolute Gasteiger partial charge is 0.454 e. The summed E-state index contributed by atoms with van der Waals surface area (Å²) in [5, 5.41) is 11.8. The third-order valence-electron chi connectivity index (χ3n) is 14.4. The highest BCUT2D eigenvalue weighted by Crippen LogP contribution is 2.53. The highest BCUT2D eigenvalue weighted by molar-refractivity contribution is 6.33. The van der Waals surface area contributed by atoms with Crippen LogP contribution in [0.3, 0.4) is 0 Å². The van der Waals surface area contributed by atoms with Gasteiger partial charge >= 0.3 is 0 Å². The van der Waals surface area contributed by atoms with Crippen molar-refractivity contribution in [1.82, 2.24) is 4.98 Å². The zero-order valence-corrected chi connectivity index (χ0v) is 38.7. The number of nitrogens with zero attached hydrogens (tertiary/aromatic N) is 2. The molecule has 2 aromatic heterocycles. The zero-order valence-electron chi connectivity index (χ0n) is 38.7. The van der Waals surface area contributed by atoms with Crippen molar-refractivity contribution in [2.45, 2.75) is 13.8 Å². The van der Waals surface area contributed by atoms with Gasteiger partial charge in [0, 0.05) is 60.0 Å². The molecule has 1 N–H and O–H groups in total. The van der Waals surface area contributed by atoms with Crippen molar-refractivity contribution >= 4 is 110 Å². The maximum absolute atomic E-state index is 6.86. The summed E-state index contributed by atoms with van der Waals surface area (Å²) in [7, 11) is 0. The number of furan rings is 1. The van der Waals surface area contributed by atoms with E-state index in [0.717, 1.165) is 72.5 Å². The van der Waals surface area contributed by atoms with Crippen LogP contribution in [-0.4, -0.2) is 4.98 Å². The molecule has 0 unspecified atom stereocenters. The molecule has 0 aliphatic heterocycles. The van der Waals surface area contributed by atoms with E-state index in [-0.39, 0.29) is 0 Å². The van der Waals surface area contributed by atoms with Crippen LogP contribution in [0.2, 0.25) is 0 Å². The lowest BCUT2D eigenvalue weighted by Crippen LogP contribution is -2.12. The van der Waals surface area contributed by atoms with Gasteiger partial charge in [0.05, 0.1) is 28.3 Å². The van der Waals surface area contributed by atoms with Gasteiger partial charge in [-0.15, -0.1) is 0 Å². The number of nitrogens with one attached hydrogen (secondary N) is 1. The minimum atomic E-state index is 0.851. The standard InChI is InChI=1S/C66H45N3O/c1-41-17-13-19-43(37-41)55-39-60(68(45-21-5-3-6-22-45)58-30-15-27-51-47-25-9-11-29-57(47)67-65(51)58)53-35-33-50-56(44-20-14-18-42(2)38-44)40-61(54-36-34-49(55)63(53)64(50)54)69(46-23-7-4-8-24-46)59-31-16-28-52-48-26-10-12-32-62(48)70-66(52)59/h3-40,67H,1-2H3. The van der Waals surface area contributed by atoms with Crippen molar-refractivity contribution in [1.29, 1.82) is 0 Å². The highest BCUT2D eigenvalue weighted by atomic mass is 16.3. The molecule has 14 rings (SSSR count). The summed E-state index contributed by atoms with van der Waals surface area (Å²) in [5.41, 5.74) is 17.4. The van der Waals surface area contributed by atoms with Crippen LogP contribution in [0, 0.1) is 13.8 Å². The Kier molecular flexibility index (Phi) is 8.99. The first-order valence-corrected chi connectivity index (χ1v) is 24.1. The van der Waals surface area contributed by atoms with E-state index in [0.29, 0.717) is 0 Å². The second-order valence-electron chi connectivity index (χ2n) is 18.7. The number of fused-ring (bicyclic) bond motifs is 6. The first kappa shape index (κ1) is 40.0. The Morgan fingerprint density at radius 1 is 0.343 bits per heavy atom. The summed E-state index contributed by atoms with van der Waals surface area (Å²) in [5.74, 6) is 0. The molecule has 0 radical (unpaired) electrons. The van der Waals surface area contributed by atoms with Crippen molar-refractivity contribution < 1.29 is 4.42 Å². The number of para-hydroxylation sites is 6. The predicted octanol–water partition coefficient (Wildman–Crippen LogP) is 19.0. The third kappa shape index (κ3) is 6.16. The Balaban J connectivity index is 1.15. The van der Waals surface area contributed by atoms with Crippen LogP contribution in [0.25, 0.3) is 98.3 Å². The maximum atomic E-state index is 6.86. The Morgan fingerprint density at radius 3 is 1.44 bits per heavy atom. The number of hydrogen-bond donors (Lipinski definition) is 1. The molecule has 2 heterocycles. The molecule has 0 aliphatic carbocycles. The van der Waals surface area contributed by atoms with E-state index < -0.39 is 0 Å². The number of hydrogen-bond acceptors (Lipinski definition) is 3. The molecule has 70 heavy (non-hydrogen) atoms. The van der Waals surface area contributed by atoms with E-state index >= 15 is 0 Å². The Hall–Kier alpha value is -9.12. The number of aromatic amines is 1. The van der Waals surface area contributed by atoms with Gasteiger partial charge < -0.3 is 19.2 Å². The van der Waals surface area contributed by atoms with Crippen LogP contribution < -0.4 is 9.80 Å². The number of aromatic nitrogens is 1. The van der Waals surface area contributed by atoms with E-state index in [1.165, 1.54) is 71.1 Å². The van der Waals surface area contributed by atoms with E-state index in [4.69, 9.17) is 4.42 Å². The van der Waals surface area contributed by atoms with Crippen molar-refractivity contribution in [2.24, 2.45) is 0 Å². The molecule has 0 spiro atoms.